The van der Waals surface area contributed by atoms with E-state index in [1.165, 1.54) is 25.7 Å². The van der Waals surface area contributed by atoms with Crippen LogP contribution in [-0.4, -0.2) is 26.7 Å². The molecule has 0 fully saturated rings. The van der Waals surface area contributed by atoms with Crippen LogP contribution in [0.2, 0.25) is 0 Å². The first-order valence-electron chi connectivity index (χ1n) is 16.2. The SMILES string of the molecule is CCCCCCCCOc1ccc(-c2nc(-c3ccc(-c4ccccc4)cc3)nc(-c3ccc(-c4ccccc4)cc3)n2)c(O)c1. The third kappa shape index (κ3) is 7.67. The number of aromatic nitrogens is 3. The van der Waals surface area contributed by atoms with E-state index in [1.54, 1.807) is 6.07 Å². The molecule has 6 aromatic rings. The molecule has 5 heteroatoms. The minimum Gasteiger partial charge on any atom is -0.507 e. The molecule has 0 radical (unpaired) electrons. The fourth-order valence-electron chi connectivity index (χ4n) is 5.50. The highest BCUT2D eigenvalue weighted by Gasteiger charge is 2.16. The molecule has 1 aromatic heterocycles. The molecule has 0 aliphatic carbocycles. The molecule has 1 N–H and O–H groups in total. The molecule has 5 nitrogen and oxygen atoms in total. The number of hydrogen-bond donors (Lipinski definition) is 1. The van der Waals surface area contributed by atoms with Crippen LogP contribution in [0.25, 0.3) is 56.4 Å². The Hall–Kier alpha value is -5.29. The Balaban J connectivity index is 1.30. The number of ether oxygens (including phenoxy) is 1. The predicted octanol–water partition coefficient (Wildman–Crippen LogP) is 10.7. The van der Waals surface area contributed by atoms with Gasteiger partial charge in [-0.3, -0.25) is 0 Å². The Morgan fingerprint density at radius 2 is 0.935 bits per heavy atom. The summed E-state index contributed by atoms with van der Waals surface area (Å²) in [7, 11) is 0. The first-order chi connectivity index (χ1) is 22.7. The van der Waals surface area contributed by atoms with Crippen LogP contribution in [-0.2, 0) is 0 Å². The highest BCUT2D eigenvalue weighted by molar-refractivity contribution is 5.73. The second-order valence-corrected chi connectivity index (χ2v) is 11.5. The lowest BCUT2D eigenvalue weighted by Crippen LogP contribution is -2.01. The van der Waals surface area contributed by atoms with Gasteiger partial charge in [-0.05, 0) is 40.8 Å². The smallest absolute Gasteiger partial charge is 0.167 e. The number of phenolic OH excluding ortho intramolecular Hbond substituents is 1. The van der Waals surface area contributed by atoms with Crippen molar-refractivity contribution in [3.05, 3.63) is 127 Å². The monoisotopic (exact) mass is 605 g/mol. The van der Waals surface area contributed by atoms with Gasteiger partial charge in [-0.1, -0.05) is 148 Å². The Morgan fingerprint density at radius 3 is 1.46 bits per heavy atom. The van der Waals surface area contributed by atoms with Crippen LogP contribution < -0.4 is 4.74 Å². The fraction of sp³-hybridized carbons (Fsp3) is 0.195. The molecule has 0 aliphatic heterocycles. The number of nitrogens with zero attached hydrogens (tertiary/aromatic N) is 3. The van der Waals surface area contributed by atoms with Crippen molar-refractivity contribution < 1.29 is 9.84 Å². The van der Waals surface area contributed by atoms with Crippen LogP contribution in [0.3, 0.4) is 0 Å². The highest BCUT2D eigenvalue weighted by Crippen LogP contribution is 2.34. The first-order valence-corrected chi connectivity index (χ1v) is 16.2. The van der Waals surface area contributed by atoms with E-state index in [2.05, 4.69) is 55.5 Å². The quantitative estimate of drug-likeness (QED) is 0.133. The van der Waals surface area contributed by atoms with Crippen molar-refractivity contribution in [1.82, 2.24) is 15.0 Å². The van der Waals surface area contributed by atoms with Gasteiger partial charge in [0.05, 0.1) is 12.2 Å². The van der Waals surface area contributed by atoms with E-state index in [1.807, 2.05) is 72.8 Å². The number of unbranched alkanes of at least 4 members (excludes halogenated alkanes) is 5. The van der Waals surface area contributed by atoms with Gasteiger partial charge < -0.3 is 9.84 Å². The van der Waals surface area contributed by atoms with E-state index >= 15 is 0 Å². The van der Waals surface area contributed by atoms with Crippen molar-refractivity contribution >= 4 is 0 Å². The summed E-state index contributed by atoms with van der Waals surface area (Å²) < 4.78 is 5.95. The zero-order chi connectivity index (χ0) is 31.6. The van der Waals surface area contributed by atoms with Gasteiger partial charge in [-0.25, -0.2) is 15.0 Å². The molecule has 1 heterocycles. The maximum Gasteiger partial charge on any atom is 0.167 e. The van der Waals surface area contributed by atoms with Crippen molar-refractivity contribution in [3.8, 4) is 67.9 Å². The molecule has 0 saturated heterocycles. The zero-order valence-electron chi connectivity index (χ0n) is 26.3. The molecule has 0 bridgehead atoms. The van der Waals surface area contributed by atoms with Crippen molar-refractivity contribution in [3.63, 3.8) is 0 Å². The number of aromatic hydroxyl groups is 1. The van der Waals surface area contributed by atoms with Gasteiger partial charge in [-0.2, -0.15) is 0 Å². The van der Waals surface area contributed by atoms with Gasteiger partial charge in [0, 0.05) is 17.2 Å². The number of hydrogen-bond acceptors (Lipinski definition) is 5. The van der Waals surface area contributed by atoms with Gasteiger partial charge in [0.1, 0.15) is 11.5 Å². The topological polar surface area (TPSA) is 68.1 Å². The van der Waals surface area contributed by atoms with Gasteiger partial charge >= 0.3 is 0 Å². The third-order valence-electron chi connectivity index (χ3n) is 8.11. The predicted molar refractivity (Wildman–Crippen MR) is 188 cm³/mol. The van der Waals surface area contributed by atoms with Gasteiger partial charge in [0.15, 0.2) is 17.5 Å². The van der Waals surface area contributed by atoms with Crippen molar-refractivity contribution in [2.24, 2.45) is 0 Å². The average molecular weight is 606 g/mol. The van der Waals surface area contributed by atoms with Crippen LogP contribution in [0, 0.1) is 0 Å². The Bertz CT molecular complexity index is 1740. The molecule has 0 atom stereocenters. The van der Waals surface area contributed by atoms with Crippen LogP contribution >= 0.6 is 0 Å². The van der Waals surface area contributed by atoms with E-state index in [-0.39, 0.29) is 5.75 Å². The van der Waals surface area contributed by atoms with E-state index in [0.29, 0.717) is 35.4 Å². The summed E-state index contributed by atoms with van der Waals surface area (Å²) in [5, 5.41) is 11.1. The first kappa shape index (κ1) is 30.7. The van der Waals surface area contributed by atoms with Gasteiger partial charge in [0.25, 0.3) is 0 Å². The minimum atomic E-state index is 0.0717. The lowest BCUT2D eigenvalue weighted by Gasteiger charge is -2.12. The van der Waals surface area contributed by atoms with Crippen LogP contribution in [0.1, 0.15) is 45.4 Å². The molecule has 0 saturated carbocycles. The minimum absolute atomic E-state index is 0.0717. The Labute approximate surface area is 271 Å². The molecule has 5 aromatic carbocycles. The summed E-state index contributed by atoms with van der Waals surface area (Å²) in [6, 6.07) is 42.3. The van der Waals surface area contributed by atoms with E-state index in [0.717, 1.165) is 46.2 Å². The van der Waals surface area contributed by atoms with E-state index in [9.17, 15) is 5.11 Å². The summed E-state index contributed by atoms with van der Waals surface area (Å²) in [5.41, 5.74) is 6.78. The fourth-order valence-corrected chi connectivity index (χ4v) is 5.50. The number of phenols is 1. The molecule has 0 unspecified atom stereocenters. The zero-order valence-corrected chi connectivity index (χ0v) is 26.3. The van der Waals surface area contributed by atoms with Crippen molar-refractivity contribution in [2.45, 2.75) is 45.4 Å². The average Bonchev–Trinajstić information content (AvgIpc) is 3.12. The standard InChI is InChI=1S/C41H39N3O2/c1-2-3-4-5-6-13-28-46-36-26-27-37(38(45)29-36)41-43-39(34-22-18-32(19-23-34)30-14-9-7-10-15-30)42-40(44-41)35-24-20-33(21-25-35)31-16-11-8-12-17-31/h7-12,14-27,29,45H,2-6,13,28H2,1H3. The lowest BCUT2D eigenvalue weighted by molar-refractivity contribution is 0.303. The lowest BCUT2D eigenvalue weighted by atomic mass is 10.0. The molecule has 6 rings (SSSR count). The summed E-state index contributed by atoms with van der Waals surface area (Å²) in [6.07, 6.45) is 7.19. The molecule has 0 aliphatic rings. The van der Waals surface area contributed by atoms with Crippen molar-refractivity contribution in [1.29, 1.82) is 0 Å². The largest absolute Gasteiger partial charge is 0.507 e. The molecular weight excluding hydrogens is 566 g/mol. The summed E-state index contributed by atoms with van der Waals surface area (Å²) in [6.45, 7) is 2.85. The maximum atomic E-state index is 11.1. The van der Waals surface area contributed by atoms with E-state index in [4.69, 9.17) is 19.7 Å². The molecule has 230 valence electrons. The third-order valence-corrected chi connectivity index (χ3v) is 8.11. The van der Waals surface area contributed by atoms with Crippen LogP contribution in [0.15, 0.2) is 127 Å². The van der Waals surface area contributed by atoms with Gasteiger partial charge in [0.2, 0.25) is 0 Å². The Kier molecular flexibility index (Phi) is 10.1. The highest BCUT2D eigenvalue weighted by atomic mass is 16.5. The second kappa shape index (κ2) is 15.1. The summed E-state index contributed by atoms with van der Waals surface area (Å²) >= 11 is 0. The van der Waals surface area contributed by atoms with Crippen LogP contribution in [0.5, 0.6) is 11.5 Å². The number of rotatable bonds is 13. The van der Waals surface area contributed by atoms with Gasteiger partial charge in [-0.15, -0.1) is 0 Å². The molecule has 46 heavy (non-hydrogen) atoms. The Morgan fingerprint density at radius 1 is 0.478 bits per heavy atom. The normalized spacial score (nSPS) is 11.0. The van der Waals surface area contributed by atoms with Crippen molar-refractivity contribution in [2.75, 3.05) is 6.61 Å². The number of benzene rings is 5. The molecule has 0 spiro atoms. The second-order valence-electron chi connectivity index (χ2n) is 11.5. The molecule has 0 amide bonds. The van der Waals surface area contributed by atoms with Crippen LogP contribution in [0.4, 0.5) is 0 Å². The summed E-state index contributed by atoms with van der Waals surface area (Å²) in [5.74, 6) is 2.18. The maximum absolute atomic E-state index is 11.1. The van der Waals surface area contributed by atoms with E-state index < -0.39 is 0 Å². The summed E-state index contributed by atoms with van der Waals surface area (Å²) in [4.78, 5) is 14.6. The molecular formula is C41H39N3O2.